The zero-order valence-electron chi connectivity index (χ0n) is 16.1. The van der Waals surface area contributed by atoms with Gasteiger partial charge < -0.3 is 15.1 Å². The van der Waals surface area contributed by atoms with Gasteiger partial charge in [0.05, 0.1) is 4.92 Å². The van der Waals surface area contributed by atoms with E-state index in [0.717, 1.165) is 0 Å². The molecule has 0 bridgehead atoms. The van der Waals surface area contributed by atoms with E-state index in [9.17, 15) is 19.7 Å². The van der Waals surface area contributed by atoms with Crippen molar-refractivity contribution in [2.75, 3.05) is 10.6 Å². The molecular formula is C21H21N3O5. The van der Waals surface area contributed by atoms with Crippen LogP contribution in [0.1, 0.15) is 37.2 Å². The van der Waals surface area contributed by atoms with E-state index in [1.54, 1.807) is 24.3 Å². The second-order valence-corrected chi connectivity index (χ2v) is 6.56. The number of hydrogen-bond donors (Lipinski definition) is 2. The molecule has 0 radical (unpaired) electrons. The van der Waals surface area contributed by atoms with Gasteiger partial charge in [-0.1, -0.05) is 26.0 Å². The molecule has 8 heteroatoms. The summed E-state index contributed by atoms with van der Waals surface area (Å²) in [5.41, 5.74) is 1.08. The number of furan rings is 1. The maximum Gasteiger partial charge on any atom is 0.293 e. The van der Waals surface area contributed by atoms with Crippen LogP contribution in [-0.4, -0.2) is 16.7 Å². The van der Waals surface area contributed by atoms with E-state index in [2.05, 4.69) is 10.6 Å². The molecule has 29 heavy (non-hydrogen) atoms. The Labute approximate surface area is 167 Å². The van der Waals surface area contributed by atoms with E-state index in [-0.39, 0.29) is 23.3 Å². The molecule has 150 valence electrons. The van der Waals surface area contributed by atoms with Crippen LogP contribution in [-0.2, 0) is 4.79 Å². The predicted octanol–water partition coefficient (Wildman–Crippen LogP) is 4.97. The van der Waals surface area contributed by atoms with E-state index >= 15 is 0 Å². The van der Waals surface area contributed by atoms with Crippen molar-refractivity contribution in [3.8, 4) is 0 Å². The molecule has 3 rings (SSSR count). The fourth-order valence-electron chi connectivity index (χ4n) is 3.07. The van der Waals surface area contributed by atoms with Crippen LogP contribution < -0.4 is 10.6 Å². The van der Waals surface area contributed by atoms with E-state index in [1.165, 1.54) is 24.3 Å². The number of carbonyl (C=O) groups is 2. The number of anilines is 2. The van der Waals surface area contributed by atoms with Gasteiger partial charge in [0.25, 0.3) is 11.6 Å². The average molecular weight is 395 g/mol. The predicted molar refractivity (Wildman–Crippen MR) is 110 cm³/mol. The molecule has 2 amide bonds. The van der Waals surface area contributed by atoms with E-state index in [1.807, 2.05) is 13.8 Å². The molecule has 0 aliphatic carbocycles. The fraction of sp³-hybridized carbons (Fsp3) is 0.238. The number of nitro groups is 1. The lowest BCUT2D eigenvalue weighted by molar-refractivity contribution is -0.384. The Morgan fingerprint density at radius 1 is 1.03 bits per heavy atom. The summed E-state index contributed by atoms with van der Waals surface area (Å²) in [5, 5.41) is 16.9. The van der Waals surface area contributed by atoms with Crippen LogP contribution in [0.5, 0.6) is 0 Å². The monoisotopic (exact) mass is 395 g/mol. The van der Waals surface area contributed by atoms with Crippen molar-refractivity contribution in [1.29, 1.82) is 0 Å². The largest absolute Gasteiger partial charge is 0.449 e. The molecule has 8 nitrogen and oxygen atoms in total. The summed E-state index contributed by atoms with van der Waals surface area (Å²) in [4.78, 5) is 35.7. The standard InChI is InChI=1S/C21H21N3O5/c1-3-13(4-2)20(25)23-18-16-7-5-6-8-17(16)29-19(18)21(26)22-14-9-11-15(12-10-14)24(27)28/h5-13H,3-4H2,1-2H3,(H,22,26)(H,23,25). The number of hydrogen-bond acceptors (Lipinski definition) is 5. The minimum Gasteiger partial charge on any atom is -0.449 e. The highest BCUT2D eigenvalue weighted by molar-refractivity contribution is 6.14. The van der Waals surface area contributed by atoms with Gasteiger partial charge >= 0.3 is 0 Å². The Bertz CT molecular complexity index is 1050. The molecule has 0 saturated heterocycles. The zero-order chi connectivity index (χ0) is 21.0. The maximum atomic E-state index is 12.8. The van der Waals surface area contributed by atoms with E-state index in [4.69, 9.17) is 4.42 Å². The Hall–Kier alpha value is -3.68. The normalized spacial score (nSPS) is 10.9. The third-order valence-corrected chi connectivity index (χ3v) is 4.74. The molecule has 0 saturated carbocycles. The summed E-state index contributed by atoms with van der Waals surface area (Å²) in [6.07, 6.45) is 1.37. The Balaban J connectivity index is 1.92. The minimum absolute atomic E-state index is 0.0242. The first kappa shape index (κ1) is 20.1. The number of rotatable bonds is 7. The summed E-state index contributed by atoms with van der Waals surface area (Å²) >= 11 is 0. The van der Waals surface area contributed by atoms with Crippen LogP contribution in [0.4, 0.5) is 17.1 Å². The molecule has 0 aliphatic heterocycles. The lowest BCUT2D eigenvalue weighted by atomic mass is 10.0. The van der Waals surface area contributed by atoms with Crippen molar-refractivity contribution >= 4 is 39.8 Å². The van der Waals surface area contributed by atoms with Gasteiger partial charge in [-0.3, -0.25) is 19.7 Å². The average Bonchev–Trinajstić information content (AvgIpc) is 3.08. The van der Waals surface area contributed by atoms with E-state index in [0.29, 0.717) is 35.2 Å². The third kappa shape index (κ3) is 4.26. The molecular weight excluding hydrogens is 374 g/mol. The second-order valence-electron chi connectivity index (χ2n) is 6.56. The molecule has 2 N–H and O–H groups in total. The van der Waals surface area contributed by atoms with Gasteiger partial charge in [0.2, 0.25) is 11.7 Å². The highest BCUT2D eigenvalue weighted by Gasteiger charge is 2.24. The van der Waals surface area contributed by atoms with Gasteiger partial charge in [-0.05, 0) is 37.1 Å². The van der Waals surface area contributed by atoms with Gasteiger partial charge in [0, 0.05) is 29.1 Å². The van der Waals surface area contributed by atoms with Crippen LogP contribution in [0.2, 0.25) is 0 Å². The highest BCUT2D eigenvalue weighted by Crippen LogP contribution is 2.32. The Kier molecular flexibility index (Phi) is 5.92. The number of amides is 2. The quantitative estimate of drug-likeness (QED) is 0.433. The van der Waals surface area contributed by atoms with Gasteiger partial charge in [-0.25, -0.2) is 0 Å². The molecule has 1 aromatic heterocycles. The van der Waals surface area contributed by atoms with Crippen molar-refractivity contribution < 1.29 is 18.9 Å². The molecule has 0 aliphatic rings. The molecule has 0 atom stereocenters. The maximum absolute atomic E-state index is 12.8. The highest BCUT2D eigenvalue weighted by atomic mass is 16.6. The number of benzene rings is 2. The van der Waals surface area contributed by atoms with Crippen LogP contribution in [0.25, 0.3) is 11.0 Å². The minimum atomic E-state index is -0.560. The molecule has 2 aromatic carbocycles. The first-order chi connectivity index (χ1) is 13.9. The van der Waals surface area contributed by atoms with Gasteiger partial charge in [-0.15, -0.1) is 0 Å². The summed E-state index contributed by atoms with van der Waals surface area (Å²) < 4.78 is 5.71. The van der Waals surface area contributed by atoms with Gasteiger partial charge in [0.1, 0.15) is 11.3 Å². The number of para-hydroxylation sites is 1. The molecule has 0 unspecified atom stereocenters. The smallest absolute Gasteiger partial charge is 0.293 e. The zero-order valence-corrected chi connectivity index (χ0v) is 16.1. The molecule has 1 heterocycles. The number of carbonyl (C=O) groups excluding carboxylic acids is 2. The summed E-state index contributed by atoms with van der Waals surface area (Å²) in [7, 11) is 0. The van der Waals surface area contributed by atoms with Crippen molar-refractivity contribution in [2.24, 2.45) is 5.92 Å². The SMILES string of the molecule is CCC(CC)C(=O)Nc1c(C(=O)Nc2ccc([N+](=O)[O-])cc2)oc2ccccc12. The van der Waals surface area contributed by atoms with Crippen LogP contribution in [0, 0.1) is 16.0 Å². The first-order valence-electron chi connectivity index (χ1n) is 9.32. The van der Waals surface area contributed by atoms with E-state index < -0.39 is 10.8 Å². The number of non-ortho nitro benzene ring substituents is 1. The summed E-state index contributed by atoms with van der Waals surface area (Å²) in [5.74, 6) is -0.932. The molecule has 0 fully saturated rings. The second kappa shape index (κ2) is 8.55. The Morgan fingerprint density at radius 3 is 2.31 bits per heavy atom. The van der Waals surface area contributed by atoms with Crippen LogP contribution in [0.3, 0.4) is 0 Å². The van der Waals surface area contributed by atoms with Gasteiger partial charge in [-0.2, -0.15) is 0 Å². The Morgan fingerprint density at radius 2 is 1.69 bits per heavy atom. The third-order valence-electron chi connectivity index (χ3n) is 4.74. The fourth-order valence-corrected chi connectivity index (χ4v) is 3.07. The van der Waals surface area contributed by atoms with Crippen LogP contribution in [0.15, 0.2) is 52.9 Å². The van der Waals surface area contributed by atoms with Crippen molar-refractivity contribution in [1.82, 2.24) is 0 Å². The van der Waals surface area contributed by atoms with Crippen molar-refractivity contribution in [3.05, 3.63) is 64.4 Å². The topological polar surface area (TPSA) is 114 Å². The number of nitrogens with zero attached hydrogens (tertiary/aromatic N) is 1. The first-order valence-corrected chi connectivity index (χ1v) is 9.32. The molecule has 0 spiro atoms. The van der Waals surface area contributed by atoms with Crippen molar-refractivity contribution in [2.45, 2.75) is 26.7 Å². The lowest BCUT2D eigenvalue weighted by Crippen LogP contribution is -2.23. The molecule has 3 aromatic rings. The number of nitro benzene ring substituents is 1. The number of nitrogens with one attached hydrogen (secondary N) is 2. The summed E-state index contributed by atoms with van der Waals surface area (Å²) in [6, 6.07) is 12.5. The lowest BCUT2D eigenvalue weighted by Gasteiger charge is -2.13. The number of fused-ring (bicyclic) bond motifs is 1. The van der Waals surface area contributed by atoms with Gasteiger partial charge in [0.15, 0.2) is 0 Å². The van der Waals surface area contributed by atoms with Crippen LogP contribution >= 0.6 is 0 Å². The summed E-state index contributed by atoms with van der Waals surface area (Å²) in [6.45, 7) is 3.87. The van der Waals surface area contributed by atoms with Crippen molar-refractivity contribution in [3.63, 3.8) is 0 Å².